The first-order chi connectivity index (χ1) is 16.2. The van der Waals surface area contributed by atoms with Crippen molar-refractivity contribution in [1.82, 2.24) is 9.80 Å². The van der Waals surface area contributed by atoms with Crippen molar-refractivity contribution < 1.29 is 24.6 Å². The van der Waals surface area contributed by atoms with Gasteiger partial charge < -0.3 is 20.0 Å². The standard InChI is InChI=1S/C26H34N2O5S/c1-5-11-27(13-17-9-7-6-8-10-17)24(31)22-26-16(4)12-19(34-26)20(25(32)33)21(26)23(30)28(22)18(14-29)15(2)3/h5-10,15-16,18-22,29H,1,11-14H2,2-4H3,(H,32,33)/t16?,18-,19+,20-,21-,22?,26?/m0/s1. The summed E-state index contributed by atoms with van der Waals surface area (Å²) < 4.78 is -0.819. The predicted molar refractivity (Wildman–Crippen MR) is 131 cm³/mol. The van der Waals surface area contributed by atoms with E-state index in [-0.39, 0.29) is 35.5 Å². The van der Waals surface area contributed by atoms with E-state index in [1.54, 1.807) is 15.9 Å². The first-order valence-corrected chi connectivity index (χ1v) is 12.8. The molecule has 0 saturated carbocycles. The van der Waals surface area contributed by atoms with Gasteiger partial charge in [-0.1, -0.05) is 57.2 Å². The molecule has 3 saturated heterocycles. The van der Waals surface area contributed by atoms with Gasteiger partial charge in [0, 0.05) is 18.3 Å². The number of benzene rings is 1. The van der Waals surface area contributed by atoms with E-state index in [1.165, 1.54) is 11.8 Å². The molecule has 4 rings (SSSR count). The molecule has 0 radical (unpaired) electrons. The fourth-order valence-corrected chi connectivity index (χ4v) is 8.76. The van der Waals surface area contributed by atoms with Crippen LogP contribution in [0.1, 0.15) is 32.8 Å². The number of aliphatic hydroxyl groups excluding tert-OH is 1. The van der Waals surface area contributed by atoms with E-state index in [2.05, 4.69) is 6.58 Å². The van der Waals surface area contributed by atoms with Gasteiger partial charge in [0.15, 0.2) is 0 Å². The Morgan fingerprint density at radius 1 is 1.32 bits per heavy atom. The fraction of sp³-hybridized carbons (Fsp3) is 0.577. The number of rotatable bonds is 9. The lowest BCUT2D eigenvalue weighted by Gasteiger charge is -2.42. The lowest BCUT2D eigenvalue weighted by Crippen LogP contribution is -2.59. The molecule has 2 N–H and O–H groups in total. The summed E-state index contributed by atoms with van der Waals surface area (Å²) in [5.41, 5.74) is 0.963. The molecule has 0 aliphatic carbocycles. The number of thioether (sulfide) groups is 1. The molecule has 3 fully saturated rings. The Morgan fingerprint density at radius 2 is 2.00 bits per heavy atom. The fourth-order valence-electron chi connectivity index (χ4n) is 6.36. The van der Waals surface area contributed by atoms with Crippen molar-refractivity contribution in [3.05, 3.63) is 48.6 Å². The summed E-state index contributed by atoms with van der Waals surface area (Å²) >= 11 is 1.52. The second-order valence-electron chi connectivity index (χ2n) is 10.1. The van der Waals surface area contributed by atoms with Crippen LogP contribution in [-0.2, 0) is 20.9 Å². The molecule has 7 atom stereocenters. The van der Waals surface area contributed by atoms with E-state index in [4.69, 9.17) is 0 Å². The highest BCUT2D eigenvalue weighted by molar-refractivity contribution is 8.02. The number of carbonyl (C=O) groups is 3. The summed E-state index contributed by atoms with van der Waals surface area (Å²) in [6, 6.07) is 8.26. The number of aliphatic hydroxyl groups is 1. The van der Waals surface area contributed by atoms with E-state index < -0.39 is 34.6 Å². The Labute approximate surface area is 205 Å². The molecule has 8 heteroatoms. The number of carboxylic acid groups (broad SMARTS) is 1. The number of aliphatic carboxylic acids is 1. The van der Waals surface area contributed by atoms with E-state index >= 15 is 0 Å². The van der Waals surface area contributed by atoms with Crippen molar-refractivity contribution in [2.75, 3.05) is 13.2 Å². The molecule has 3 unspecified atom stereocenters. The van der Waals surface area contributed by atoms with Gasteiger partial charge in [0.2, 0.25) is 11.8 Å². The van der Waals surface area contributed by atoms with Crippen molar-refractivity contribution >= 4 is 29.5 Å². The third-order valence-electron chi connectivity index (χ3n) is 7.89. The third-order valence-corrected chi connectivity index (χ3v) is 9.97. The average molecular weight is 487 g/mol. The summed E-state index contributed by atoms with van der Waals surface area (Å²) in [4.78, 5) is 43.8. The molecular weight excluding hydrogens is 452 g/mol. The summed E-state index contributed by atoms with van der Waals surface area (Å²) in [6.45, 7) is 10.1. The van der Waals surface area contributed by atoms with E-state index in [0.717, 1.165) is 5.56 Å². The largest absolute Gasteiger partial charge is 0.481 e. The van der Waals surface area contributed by atoms with Gasteiger partial charge in [-0.3, -0.25) is 14.4 Å². The highest BCUT2D eigenvalue weighted by atomic mass is 32.2. The van der Waals surface area contributed by atoms with Crippen LogP contribution in [0.2, 0.25) is 0 Å². The summed E-state index contributed by atoms with van der Waals surface area (Å²) in [5, 5.41) is 20.1. The predicted octanol–water partition coefficient (Wildman–Crippen LogP) is 2.64. The molecular formula is C26H34N2O5S. The van der Waals surface area contributed by atoms with Crippen LogP contribution in [0.15, 0.2) is 43.0 Å². The smallest absolute Gasteiger partial charge is 0.308 e. The molecule has 184 valence electrons. The first kappa shape index (κ1) is 24.8. The van der Waals surface area contributed by atoms with Gasteiger partial charge in [-0.2, -0.15) is 0 Å². The van der Waals surface area contributed by atoms with Gasteiger partial charge >= 0.3 is 5.97 Å². The molecule has 3 heterocycles. The maximum atomic E-state index is 14.3. The molecule has 1 aromatic carbocycles. The normalized spacial score (nSPS) is 32.7. The van der Waals surface area contributed by atoms with Crippen LogP contribution in [0.4, 0.5) is 0 Å². The van der Waals surface area contributed by atoms with Gasteiger partial charge in [-0.05, 0) is 23.8 Å². The Bertz CT molecular complexity index is 969. The molecule has 34 heavy (non-hydrogen) atoms. The van der Waals surface area contributed by atoms with E-state index in [1.807, 2.05) is 51.1 Å². The Hall–Kier alpha value is -2.32. The van der Waals surface area contributed by atoms with Crippen molar-refractivity contribution in [2.24, 2.45) is 23.7 Å². The zero-order chi connectivity index (χ0) is 24.8. The summed E-state index contributed by atoms with van der Waals surface area (Å²) in [7, 11) is 0. The summed E-state index contributed by atoms with van der Waals surface area (Å²) in [6.07, 6.45) is 2.33. The quantitative estimate of drug-likeness (QED) is 0.521. The van der Waals surface area contributed by atoms with Crippen LogP contribution in [0, 0.1) is 23.7 Å². The molecule has 3 aliphatic rings. The van der Waals surface area contributed by atoms with Gasteiger partial charge in [-0.25, -0.2) is 0 Å². The van der Waals surface area contributed by atoms with Crippen LogP contribution < -0.4 is 0 Å². The number of carboxylic acids is 1. The van der Waals surface area contributed by atoms with Crippen LogP contribution in [0.25, 0.3) is 0 Å². The van der Waals surface area contributed by atoms with Gasteiger partial charge in [-0.15, -0.1) is 18.3 Å². The lowest BCUT2D eigenvalue weighted by molar-refractivity contribution is -0.150. The molecule has 2 bridgehead atoms. The SMILES string of the molecule is C=CCN(Cc1ccccc1)C(=O)C1N([C@@H](CO)C(C)C)C(=O)[C@@H]2[C@@H](C(=O)O)[C@H]3CC(C)C12S3. The van der Waals surface area contributed by atoms with Crippen LogP contribution in [-0.4, -0.2) is 73.0 Å². The number of carbonyl (C=O) groups excluding carboxylic acids is 2. The molecule has 1 spiro atoms. The molecule has 2 amide bonds. The Kier molecular flexibility index (Phi) is 6.84. The molecule has 3 aliphatic heterocycles. The van der Waals surface area contributed by atoms with Crippen LogP contribution in [0.5, 0.6) is 0 Å². The number of hydrogen-bond donors (Lipinski definition) is 2. The highest BCUT2D eigenvalue weighted by Gasteiger charge is 2.77. The van der Waals surface area contributed by atoms with Gasteiger partial charge in [0.1, 0.15) is 6.04 Å². The lowest BCUT2D eigenvalue weighted by atomic mass is 9.66. The number of hydrogen-bond acceptors (Lipinski definition) is 5. The average Bonchev–Trinajstić information content (AvgIpc) is 3.38. The van der Waals surface area contributed by atoms with Crippen LogP contribution >= 0.6 is 11.8 Å². The topological polar surface area (TPSA) is 98.2 Å². The number of amides is 2. The van der Waals surface area contributed by atoms with Gasteiger partial charge in [0.25, 0.3) is 0 Å². The zero-order valence-corrected chi connectivity index (χ0v) is 20.8. The maximum absolute atomic E-state index is 14.3. The first-order valence-electron chi connectivity index (χ1n) is 12.0. The summed E-state index contributed by atoms with van der Waals surface area (Å²) in [5.74, 6) is -3.17. The number of fused-ring (bicyclic) bond motifs is 1. The zero-order valence-electron chi connectivity index (χ0n) is 20.0. The molecule has 0 aromatic heterocycles. The van der Waals surface area contributed by atoms with Crippen molar-refractivity contribution in [1.29, 1.82) is 0 Å². The number of nitrogens with zero attached hydrogens (tertiary/aromatic N) is 2. The van der Waals surface area contributed by atoms with Crippen molar-refractivity contribution in [3.8, 4) is 0 Å². The highest BCUT2D eigenvalue weighted by Crippen LogP contribution is 2.69. The Morgan fingerprint density at radius 3 is 2.56 bits per heavy atom. The minimum absolute atomic E-state index is 0.000175. The Balaban J connectivity index is 1.82. The second-order valence-corrected chi connectivity index (χ2v) is 11.7. The van der Waals surface area contributed by atoms with E-state index in [9.17, 15) is 24.6 Å². The number of likely N-dealkylation sites (tertiary alicyclic amines) is 1. The van der Waals surface area contributed by atoms with Crippen molar-refractivity contribution in [3.63, 3.8) is 0 Å². The van der Waals surface area contributed by atoms with Crippen LogP contribution in [0.3, 0.4) is 0 Å². The maximum Gasteiger partial charge on any atom is 0.308 e. The molecule has 7 nitrogen and oxygen atoms in total. The third kappa shape index (κ3) is 3.66. The van der Waals surface area contributed by atoms with Gasteiger partial charge in [0.05, 0.1) is 29.2 Å². The van der Waals surface area contributed by atoms with Crippen molar-refractivity contribution in [2.45, 2.75) is 55.8 Å². The molecule has 1 aromatic rings. The monoisotopic (exact) mass is 486 g/mol. The van der Waals surface area contributed by atoms with E-state index in [0.29, 0.717) is 19.5 Å². The second kappa shape index (κ2) is 9.38. The minimum Gasteiger partial charge on any atom is -0.481 e. The minimum atomic E-state index is -0.977.